The van der Waals surface area contributed by atoms with Crippen LogP contribution in [0, 0.1) is 5.82 Å². The number of nitrogens with one attached hydrogen (secondary N) is 1. The highest BCUT2D eigenvalue weighted by Gasteiger charge is 2.27. The van der Waals surface area contributed by atoms with Gasteiger partial charge in [0.25, 0.3) is 11.8 Å². The number of aromatic nitrogens is 2. The van der Waals surface area contributed by atoms with Gasteiger partial charge in [-0.3, -0.25) is 19.1 Å². The Morgan fingerprint density at radius 2 is 2.00 bits per heavy atom. The molecule has 1 aliphatic heterocycles. The zero-order valence-corrected chi connectivity index (χ0v) is 19.1. The fourth-order valence-electron chi connectivity index (χ4n) is 3.68. The number of fused-ring (bicyclic) bond motifs is 1. The van der Waals surface area contributed by atoms with Gasteiger partial charge in [-0.1, -0.05) is 12.1 Å². The van der Waals surface area contributed by atoms with Crippen molar-refractivity contribution in [3.8, 4) is 0 Å². The lowest BCUT2D eigenvalue weighted by Gasteiger charge is -2.20. The number of amides is 3. The Hall–Kier alpha value is -3.27. The molecule has 0 unspecified atom stereocenters. The maximum Gasteiger partial charge on any atom is 0.274 e. The molecular formula is C23H30FN5O4. The zero-order valence-electron chi connectivity index (χ0n) is 19.1. The Bertz CT molecular complexity index is 976. The van der Waals surface area contributed by atoms with Gasteiger partial charge in [0, 0.05) is 58.9 Å². The van der Waals surface area contributed by atoms with Crippen LogP contribution in [0.15, 0.2) is 30.3 Å². The summed E-state index contributed by atoms with van der Waals surface area (Å²) in [5.74, 6) is -1.02. The number of rotatable bonds is 10. The maximum atomic E-state index is 13.2. The molecule has 0 bridgehead atoms. The topological polar surface area (TPSA) is 96.8 Å². The van der Waals surface area contributed by atoms with Crippen LogP contribution in [0.25, 0.3) is 0 Å². The Morgan fingerprint density at radius 3 is 2.70 bits per heavy atom. The normalized spacial score (nSPS) is 13.4. The number of hydrogen-bond acceptors (Lipinski definition) is 5. The number of benzene rings is 1. The van der Waals surface area contributed by atoms with Crippen molar-refractivity contribution in [2.75, 3.05) is 39.9 Å². The van der Waals surface area contributed by atoms with Crippen molar-refractivity contribution >= 4 is 17.7 Å². The Morgan fingerprint density at radius 1 is 1.24 bits per heavy atom. The Labute approximate surface area is 192 Å². The average molecular weight is 460 g/mol. The quantitative estimate of drug-likeness (QED) is 0.546. The van der Waals surface area contributed by atoms with E-state index in [4.69, 9.17) is 4.74 Å². The van der Waals surface area contributed by atoms with Gasteiger partial charge in [0.2, 0.25) is 5.91 Å². The fraction of sp³-hybridized carbons (Fsp3) is 0.478. The van der Waals surface area contributed by atoms with Gasteiger partial charge in [-0.05, 0) is 31.0 Å². The van der Waals surface area contributed by atoms with Crippen molar-refractivity contribution in [3.63, 3.8) is 0 Å². The molecule has 0 aliphatic carbocycles. The van der Waals surface area contributed by atoms with E-state index in [9.17, 15) is 18.8 Å². The summed E-state index contributed by atoms with van der Waals surface area (Å²) < 4.78 is 19.7. The van der Waals surface area contributed by atoms with E-state index in [1.165, 1.54) is 18.2 Å². The predicted octanol–water partition coefficient (Wildman–Crippen LogP) is 1.68. The number of nitrogens with zero attached hydrogens (tertiary/aromatic N) is 4. The lowest BCUT2D eigenvalue weighted by Crippen LogP contribution is -2.36. The Kier molecular flexibility index (Phi) is 8.53. The fourth-order valence-corrected chi connectivity index (χ4v) is 3.68. The highest BCUT2D eigenvalue weighted by molar-refractivity contribution is 5.98. The van der Waals surface area contributed by atoms with Crippen LogP contribution in [0.3, 0.4) is 0 Å². The molecule has 1 aliphatic rings. The molecule has 0 saturated heterocycles. The summed E-state index contributed by atoms with van der Waals surface area (Å²) in [7, 11) is 1.56. The van der Waals surface area contributed by atoms with Gasteiger partial charge in [-0.15, -0.1) is 0 Å². The van der Waals surface area contributed by atoms with Crippen LogP contribution in [0.1, 0.15) is 46.3 Å². The summed E-state index contributed by atoms with van der Waals surface area (Å²) in [4.78, 5) is 41.3. The zero-order chi connectivity index (χ0) is 23.8. The van der Waals surface area contributed by atoms with Gasteiger partial charge in [0.1, 0.15) is 11.5 Å². The standard InChI is InChI=1S/C23H30FN5O4/c1-3-27(13-9-21(30)25-10-14-33-2)22(31)19-15-20-23(32)28(11-4-12-29(20)26-19)16-17-5-7-18(24)8-6-17/h5-8,15H,3-4,9-14,16H2,1-2H3,(H,25,30). The van der Waals surface area contributed by atoms with Crippen molar-refractivity contribution in [1.29, 1.82) is 0 Å². The van der Waals surface area contributed by atoms with Crippen LogP contribution in [-0.2, 0) is 22.6 Å². The highest BCUT2D eigenvalue weighted by Crippen LogP contribution is 2.18. The van der Waals surface area contributed by atoms with Crippen molar-refractivity contribution in [3.05, 3.63) is 53.1 Å². The third kappa shape index (κ3) is 6.38. The molecular weight excluding hydrogens is 429 g/mol. The van der Waals surface area contributed by atoms with Crippen LogP contribution < -0.4 is 5.32 Å². The number of halogens is 1. The summed E-state index contributed by atoms with van der Waals surface area (Å²) >= 11 is 0. The highest BCUT2D eigenvalue weighted by atomic mass is 19.1. The molecule has 3 amide bonds. The first-order chi connectivity index (χ1) is 15.9. The molecule has 1 N–H and O–H groups in total. The maximum absolute atomic E-state index is 13.2. The van der Waals surface area contributed by atoms with Crippen molar-refractivity contribution in [2.45, 2.75) is 32.9 Å². The van der Waals surface area contributed by atoms with E-state index in [0.29, 0.717) is 51.4 Å². The van der Waals surface area contributed by atoms with Crippen LogP contribution in [0.4, 0.5) is 4.39 Å². The number of ether oxygens (including phenoxy) is 1. The molecule has 178 valence electrons. The second-order valence-corrected chi connectivity index (χ2v) is 7.82. The van der Waals surface area contributed by atoms with Crippen LogP contribution >= 0.6 is 0 Å². The Balaban J connectivity index is 1.66. The first-order valence-corrected chi connectivity index (χ1v) is 11.1. The molecule has 33 heavy (non-hydrogen) atoms. The van der Waals surface area contributed by atoms with Gasteiger partial charge >= 0.3 is 0 Å². The van der Waals surface area contributed by atoms with Crippen LogP contribution in [0.5, 0.6) is 0 Å². The number of hydrogen-bond donors (Lipinski definition) is 1. The average Bonchev–Trinajstić information content (AvgIpc) is 3.18. The third-order valence-corrected chi connectivity index (χ3v) is 5.50. The van der Waals surface area contributed by atoms with Gasteiger partial charge in [-0.25, -0.2) is 4.39 Å². The molecule has 2 heterocycles. The van der Waals surface area contributed by atoms with Gasteiger partial charge < -0.3 is 19.9 Å². The molecule has 9 nitrogen and oxygen atoms in total. The minimum Gasteiger partial charge on any atom is -0.383 e. The van der Waals surface area contributed by atoms with Crippen LogP contribution in [-0.4, -0.2) is 77.2 Å². The predicted molar refractivity (Wildman–Crippen MR) is 119 cm³/mol. The molecule has 1 aromatic carbocycles. The molecule has 0 atom stereocenters. The second-order valence-electron chi connectivity index (χ2n) is 7.82. The van der Waals surface area contributed by atoms with E-state index in [2.05, 4.69) is 10.4 Å². The second kappa shape index (κ2) is 11.6. The van der Waals surface area contributed by atoms with E-state index in [1.807, 2.05) is 6.92 Å². The van der Waals surface area contributed by atoms with Gasteiger partial charge in [0.05, 0.1) is 6.61 Å². The molecule has 0 saturated carbocycles. The van der Waals surface area contributed by atoms with E-state index >= 15 is 0 Å². The molecule has 10 heteroatoms. The van der Waals surface area contributed by atoms with Gasteiger partial charge in [0.15, 0.2) is 5.69 Å². The third-order valence-electron chi connectivity index (χ3n) is 5.50. The van der Waals surface area contributed by atoms with E-state index in [0.717, 1.165) is 5.56 Å². The lowest BCUT2D eigenvalue weighted by atomic mass is 10.2. The molecule has 1 aromatic heterocycles. The van der Waals surface area contributed by atoms with E-state index in [-0.39, 0.29) is 42.2 Å². The van der Waals surface area contributed by atoms with Crippen molar-refractivity contribution < 1.29 is 23.5 Å². The number of carbonyl (C=O) groups is 3. The van der Waals surface area contributed by atoms with E-state index < -0.39 is 0 Å². The summed E-state index contributed by atoms with van der Waals surface area (Å²) in [6.45, 7) is 4.75. The largest absolute Gasteiger partial charge is 0.383 e. The van der Waals surface area contributed by atoms with Gasteiger partial charge in [-0.2, -0.15) is 5.10 Å². The minimum atomic E-state index is -0.324. The molecule has 0 radical (unpaired) electrons. The summed E-state index contributed by atoms with van der Waals surface area (Å²) in [6.07, 6.45) is 0.857. The number of methoxy groups -OCH3 is 1. The van der Waals surface area contributed by atoms with Crippen LogP contribution in [0.2, 0.25) is 0 Å². The SMILES string of the molecule is CCN(CCC(=O)NCCOC)C(=O)c1cc2n(n1)CCCN(Cc1ccc(F)cc1)C2=O. The number of aryl methyl sites for hydroxylation is 1. The van der Waals surface area contributed by atoms with Crippen molar-refractivity contribution in [2.24, 2.45) is 0 Å². The first kappa shape index (κ1) is 24.4. The molecule has 3 rings (SSSR count). The summed E-state index contributed by atoms with van der Waals surface area (Å²) in [5.41, 5.74) is 1.37. The minimum absolute atomic E-state index is 0.162. The molecule has 0 spiro atoms. The first-order valence-electron chi connectivity index (χ1n) is 11.1. The van der Waals surface area contributed by atoms with E-state index in [1.54, 1.807) is 33.7 Å². The lowest BCUT2D eigenvalue weighted by molar-refractivity contribution is -0.121. The summed E-state index contributed by atoms with van der Waals surface area (Å²) in [5, 5.41) is 7.11. The molecule has 0 fully saturated rings. The number of carbonyl (C=O) groups excluding carboxylic acids is 3. The monoisotopic (exact) mass is 459 g/mol. The smallest absolute Gasteiger partial charge is 0.274 e. The molecule has 2 aromatic rings. The van der Waals surface area contributed by atoms with Crippen molar-refractivity contribution in [1.82, 2.24) is 24.9 Å². The summed E-state index contributed by atoms with van der Waals surface area (Å²) in [6, 6.07) is 7.58.